The van der Waals surface area contributed by atoms with Gasteiger partial charge in [-0.15, -0.1) is 0 Å². The van der Waals surface area contributed by atoms with Gasteiger partial charge in [0.15, 0.2) is 0 Å². The Balaban J connectivity index is 3.11. The van der Waals surface area contributed by atoms with Crippen molar-refractivity contribution in [2.24, 2.45) is 5.92 Å². The zero-order valence-corrected chi connectivity index (χ0v) is 13.4. The van der Waals surface area contributed by atoms with E-state index in [9.17, 15) is 0 Å². The van der Waals surface area contributed by atoms with E-state index in [4.69, 9.17) is 4.74 Å². The Hall–Kier alpha value is -0.540. The maximum atomic E-state index is 5.52. The maximum Gasteiger partial charge on any atom is 0.124 e. The van der Waals surface area contributed by atoms with Gasteiger partial charge in [0.2, 0.25) is 0 Å². The molecule has 0 amide bonds. The SMILES string of the molecule is CCNC(c1ccc(Br)cc1OC)C(CC)CC. The zero-order valence-electron chi connectivity index (χ0n) is 11.8. The minimum Gasteiger partial charge on any atom is -0.496 e. The fraction of sp³-hybridized carbons (Fsp3) is 0.600. The number of hydrogen-bond acceptors (Lipinski definition) is 2. The van der Waals surface area contributed by atoms with Crippen molar-refractivity contribution in [1.82, 2.24) is 5.32 Å². The topological polar surface area (TPSA) is 21.3 Å². The number of hydrogen-bond donors (Lipinski definition) is 1. The molecule has 102 valence electrons. The molecule has 1 unspecified atom stereocenters. The molecule has 1 aromatic carbocycles. The van der Waals surface area contributed by atoms with E-state index in [1.165, 1.54) is 18.4 Å². The predicted octanol–water partition coefficient (Wildman–Crippen LogP) is 4.54. The quantitative estimate of drug-likeness (QED) is 0.797. The lowest BCUT2D eigenvalue weighted by Crippen LogP contribution is -2.28. The maximum absolute atomic E-state index is 5.52. The number of benzene rings is 1. The largest absolute Gasteiger partial charge is 0.496 e. The van der Waals surface area contributed by atoms with E-state index in [0.717, 1.165) is 16.8 Å². The molecule has 0 aliphatic heterocycles. The molecule has 0 fully saturated rings. The summed E-state index contributed by atoms with van der Waals surface area (Å²) >= 11 is 3.50. The minimum absolute atomic E-state index is 0.369. The second-order valence-corrected chi connectivity index (χ2v) is 5.41. The fourth-order valence-electron chi connectivity index (χ4n) is 2.45. The lowest BCUT2D eigenvalue weighted by molar-refractivity contribution is 0.329. The molecule has 1 rings (SSSR count). The Morgan fingerprint density at radius 3 is 2.39 bits per heavy atom. The van der Waals surface area contributed by atoms with Crippen LogP contribution in [0.4, 0.5) is 0 Å². The second kappa shape index (κ2) is 7.80. The normalized spacial score (nSPS) is 12.8. The fourth-order valence-corrected chi connectivity index (χ4v) is 2.79. The highest BCUT2D eigenvalue weighted by atomic mass is 79.9. The highest BCUT2D eigenvalue weighted by Gasteiger charge is 2.22. The molecule has 0 saturated carbocycles. The number of methoxy groups -OCH3 is 1. The van der Waals surface area contributed by atoms with Gasteiger partial charge in [0.05, 0.1) is 7.11 Å². The number of ether oxygens (including phenoxy) is 1. The van der Waals surface area contributed by atoms with Crippen LogP contribution in [0, 0.1) is 5.92 Å². The Kier molecular flexibility index (Phi) is 6.72. The molecule has 0 aromatic heterocycles. The molecule has 0 saturated heterocycles. The van der Waals surface area contributed by atoms with Crippen LogP contribution >= 0.6 is 15.9 Å². The third kappa shape index (κ3) is 3.72. The summed E-state index contributed by atoms with van der Waals surface area (Å²) in [6.45, 7) is 7.63. The van der Waals surface area contributed by atoms with Crippen LogP contribution in [0.5, 0.6) is 5.75 Å². The van der Waals surface area contributed by atoms with Gasteiger partial charge in [0.25, 0.3) is 0 Å². The average molecular weight is 314 g/mol. The monoisotopic (exact) mass is 313 g/mol. The lowest BCUT2D eigenvalue weighted by Gasteiger charge is -2.28. The molecule has 0 spiro atoms. The second-order valence-electron chi connectivity index (χ2n) is 4.50. The smallest absolute Gasteiger partial charge is 0.124 e. The van der Waals surface area contributed by atoms with Gasteiger partial charge in [0.1, 0.15) is 5.75 Å². The summed E-state index contributed by atoms with van der Waals surface area (Å²) in [7, 11) is 1.74. The lowest BCUT2D eigenvalue weighted by atomic mass is 9.88. The van der Waals surface area contributed by atoms with Crippen molar-refractivity contribution in [3.63, 3.8) is 0 Å². The van der Waals surface area contributed by atoms with Crippen molar-refractivity contribution in [2.75, 3.05) is 13.7 Å². The van der Waals surface area contributed by atoms with Gasteiger partial charge in [-0.2, -0.15) is 0 Å². The summed E-state index contributed by atoms with van der Waals surface area (Å²) < 4.78 is 6.58. The average Bonchev–Trinajstić information content (AvgIpc) is 2.39. The molecule has 18 heavy (non-hydrogen) atoms. The van der Waals surface area contributed by atoms with Crippen molar-refractivity contribution < 1.29 is 4.74 Å². The van der Waals surface area contributed by atoms with Gasteiger partial charge >= 0.3 is 0 Å². The molecule has 0 aliphatic rings. The van der Waals surface area contributed by atoms with Crippen molar-refractivity contribution in [2.45, 2.75) is 39.7 Å². The molecule has 2 nitrogen and oxygen atoms in total. The molecule has 0 aliphatic carbocycles. The highest BCUT2D eigenvalue weighted by molar-refractivity contribution is 9.10. The molecule has 0 radical (unpaired) electrons. The summed E-state index contributed by atoms with van der Waals surface area (Å²) in [6.07, 6.45) is 2.35. The van der Waals surface area contributed by atoms with Crippen molar-refractivity contribution in [3.8, 4) is 5.75 Å². The molecule has 1 aromatic rings. The van der Waals surface area contributed by atoms with Crippen LogP contribution in [0.1, 0.15) is 45.2 Å². The molecular weight excluding hydrogens is 290 g/mol. The highest BCUT2D eigenvalue weighted by Crippen LogP contribution is 2.34. The summed E-state index contributed by atoms with van der Waals surface area (Å²) in [4.78, 5) is 0. The summed E-state index contributed by atoms with van der Waals surface area (Å²) in [5.41, 5.74) is 1.26. The van der Waals surface area contributed by atoms with Crippen LogP contribution in [0.3, 0.4) is 0 Å². The molecule has 1 N–H and O–H groups in total. The standard InChI is InChI=1S/C15H24BrNO/c1-5-11(6-2)15(17-7-3)13-9-8-12(16)10-14(13)18-4/h8-11,15,17H,5-7H2,1-4H3. The van der Waals surface area contributed by atoms with E-state index < -0.39 is 0 Å². The zero-order chi connectivity index (χ0) is 13.5. The molecule has 3 heteroatoms. The number of halogens is 1. The first-order valence-electron chi connectivity index (χ1n) is 6.74. The van der Waals surface area contributed by atoms with E-state index in [1.807, 2.05) is 6.07 Å². The van der Waals surface area contributed by atoms with Gasteiger partial charge in [-0.1, -0.05) is 55.6 Å². The Morgan fingerprint density at radius 2 is 1.89 bits per heavy atom. The van der Waals surface area contributed by atoms with E-state index in [1.54, 1.807) is 7.11 Å². The first-order chi connectivity index (χ1) is 8.67. The Labute approximate surface area is 119 Å². The van der Waals surface area contributed by atoms with E-state index in [0.29, 0.717) is 12.0 Å². The third-order valence-corrected chi connectivity index (χ3v) is 3.97. The summed E-state index contributed by atoms with van der Waals surface area (Å²) in [5, 5.41) is 3.60. The summed E-state index contributed by atoms with van der Waals surface area (Å²) in [6, 6.07) is 6.66. The Morgan fingerprint density at radius 1 is 1.22 bits per heavy atom. The van der Waals surface area contributed by atoms with Crippen LogP contribution in [-0.4, -0.2) is 13.7 Å². The predicted molar refractivity (Wildman–Crippen MR) is 81.2 cm³/mol. The van der Waals surface area contributed by atoms with E-state index in [-0.39, 0.29) is 0 Å². The van der Waals surface area contributed by atoms with Crippen LogP contribution in [0.25, 0.3) is 0 Å². The van der Waals surface area contributed by atoms with Gasteiger partial charge in [-0.25, -0.2) is 0 Å². The van der Waals surface area contributed by atoms with E-state index in [2.05, 4.69) is 54.2 Å². The van der Waals surface area contributed by atoms with Crippen LogP contribution in [0.15, 0.2) is 22.7 Å². The van der Waals surface area contributed by atoms with Gasteiger partial charge in [0, 0.05) is 16.1 Å². The molecule has 1 atom stereocenters. The van der Waals surface area contributed by atoms with Gasteiger partial charge in [-0.05, 0) is 24.6 Å². The first-order valence-corrected chi connectivity index (χ1v) is 7.53. The number of nitrogens with one attached hydrogen (secondary N) is 1. The molecule has 0 heterocycles. The molecule has 0 bridgehead atoms. The van der Waals surface area contributed by atoms with Gasteiger partial charge in [-0.3, -0.25) is 0 Å². The van der Waals surface area contributed by atoms with Crippen molar-refractivity contribution >= 4 is 15.9 Å². The van der Waals surface area contributed by atoms with Crippen LogP contribution in [-0.2, 0) is 0 Å². The van der Waals surface area contributed by atoms with Crippen molar-refractivity contribution in [1.29, 1.82) is 0 Å². The van der Waals surface area contributed by atoms with E-state index >= 15 is 0 Å². The minimum atomic E-state index is 0.369. The van der Waals surface area contributed by atoms with Gasteiger partial charge < -0.3 is 10.1 Å². The van der Waals surface area contributed by atoms with Crippen molar-refractivity contribution in [3.05, 3.63) is 28.2 Å². The van der Waals surface area contributed by atoms with Crippen LogP contribution < -0.4 is 10.1 Å². The third-order valence-electron chi connectivity index (χ3n) is 3.47. The summed E-state index contributed by atoms with van der Waals surface area (Å²) in [5.74, 6) is 1.60. The molecular formula is C15H24BrNO. The van der Waals surface area contributed by atoms with Crippen LogP contribution in [0.2, 0.25) is 0 Å². The first kappa shape index (κ1) is 15.5. The number of rotatable bonds is 7. The Bertz CT molecular complexity index is 364.